The van der Waals surface area contributed by atoms with E-state index in [1.807, 2.05) is 26.0 Å². The highest BCUT2D eigenvalue weighted by Crippen LogP contribution is 2.29. The van der Waals surface area contributed by atoms with Gasteiger partial charge in [-0.15, -0.1) is 0 Å². The summed E-state index contributed by atoms with van der Waals surface area (Å²) < 4.78 is 42.4. The van der Waals surface area contributed by atoms with Gasteiger partial charge in [0.15, 0.2) is 6.61 Å². The van der Waals surface area contributed by atoms with Crippen molar-refractivity contribution in [3.8, 4) is 0 Å². The van der Waals surface area contributed by atoms with Gasteiger partial charge in [-0.3, -0.25) is 4.79 Å². The number of nitrogens with one attached hydrogen (secondary N) is 1. The Bertz CT molecular complexity index is 856. The molecule has 0 bridgehead atoms. The maximum atomic E-state index is 12.5. The first-order valence-corrected chi connectivity index (χ1v) is 8.57. The summed E-state index contributed by atoms with van der Waals surface area (Å²) >= 11 is 0. The van der Waals surface area contributed by atoms with Gasteiger partial charge in [0, 0.05) is 11.8 Å². The monoisotopic (exact) mass is 391 g/mol. The van der Waals surface area contributed by atoms with Gasteiger partial charge in [0.05, 0.1) is 5.56 Å². The Labute approximate surface area is 161 Å². The van der Waals surface area contributed by atoms with Crippen LogP contribution in [0.5, 0.6) is 0 Å². The van der Waals surface area contributed by atoms with E-state index in [1.165, 1.54) is 18.2 Å². The first-order chi connectivity index (χ1) is 13.2. The molecule has 0 aromatic heterocycles. The van der Waals surface area contributed by atoms with Gasteiger partial charge in [-0.05, 0) is 41.3 Å². The van der Waals surface area contributed by atoms with Crippen LogP contribution in [0.25, 0.3) is 6.08 Å². The third kappa shape index (κ3) is 6.26. The fourth-order valence-corrected chi connectivity index (χ4v) is 2.43. The number of esters is 1. The molecule has 0 aliphatic carbocycles. The lowest BCUT2D eigenvalue weighted by Gasteiger charge is -2.13. The average Bonchev–Trinajstić information content (AvgIpc) is 2.64. The smallest absolute Gasteiger partial charge is 0.416 e. The quantitative estimate of drug-likeness (QED) is 0.555. The molecule has 0 atom stereocenters. The highest BCUT2D eigenvalue weighted by atomic mass is 19.4. The Morgan fingerprint density at radius 3 is 2.32 bits per heavy atom. The van der Waals surface area contributed by atoms with Gasteiger partial charge in [0.1, 0.15) is 0 Å². The molecule has 28 heavy (non-hydrogen) atoms. The van der Waals surface area contributed by atoms with Crippen molar-refractivity contribution < 1.29 is 27.5 Å². The number of rotatable bonds is 6. The lowest BCUT2D eigenvalue weighted by Crippen LogP contribution is -2.21. The van der Waals surface area contributed by atoms with Gasteiger partial charge in [-0.25, -0.2) is 4.79 Å². The van der Waals surface area contributed by atoms with E-state index >= 15 is 0 Å². The Kier molecular flexibility index (Phi) is 6.98. The molecule has 2 aromatic carbocycles. The van der Waals surface area contributed by atoms with Crippen LogP contribution in [0.2, 0.25) is 0 Å². The first-order valence-electron chi connectivity index (χ1n) is 8.57. The van der Waals surface area contributed by atoms with E-state index in [0.717, 1.165) is 23.8 Å². The van der Waals surface area contributed by atoms with E-state index in [4.69, 9.17) is 4.74 Å². The molecule has 0 aliphatic rings. The molecule has 148 valence electrons. The lowest BCUT2D eigenvalue weighted by atomic mass is 10.0. The Morgan fingerprint density at radius 2 is 1.71 bits per heavy atom. The molecule has 2 rings (SSSR count). The zero-order valence-corrected chi connectivity index (χ0v) is 15.4. The summed E-state index contributed by atoms with van der Waals surface area (Å²) in [4.78, 5) is 23.7. The molecule has 0 saturated carbocycles. The molecule has 0 spiro atoms. The van der Waals surface area contributed by atoms with E-state index in [9.17, 15) is 22.8 Å². The number of para-hydroxylation sites is 1. The number of hydrogen-bond donors (Lipinski definition) is 1. The fourth-order valence-electron chi connectivity index (χ4n) is 2.43. The lowest BCUT2D eigenvalue weighted by molar-refractivity contribution is -0.142. The molecule has 4 nitrogen and oxygen atoms in total. The number of hydrogen-bond acceptors (Lipinski definition) is 3. The summed E-state index contributed by atoms with van der Waals surface area (Å²) in [5.41, 5.74) is 1.24. The molecule has 7 heteroatoms. The summed E-state index contributed by atoms with van der Waals surface area (Å²) in [6.07, 6.45) is -2.05. The third-order valence-corrected chi connectivity index (χ3v) is 3.85. The summed E-state index contributed by atoms with van der Waals surface area (Å²) in [6.45, 7) is 3.52. The Balaban J connectivity index is 1.87. The molecule has 1 N–H and O–H groups in total. The fraction of sp³-hybridized carbons (Fsp3) is 0.238. The predicted octanol–water partition coefficient (Wildman–Crippen LogP) is 5.02. The summed E-state index contributed by atoms with van der Waals surface area (Å²) in [7, 11) is 0. The number of carbonyl (C=O) groups is 2. The molecular weight excluding hydrogens is 371 g/mol. The van der Waals surface area contributed by atoms with Crippen LogP contribution in [-0.2, 0) is 20.5 Å². The van der Waals surface area contributed by atoms with Gasteiger partial charge in [-0.2, -0.15) is 13.2 Å². The molecule has 1 amide bonds. The molecule has 0 heterocycles. The maximum absolute atomic E-state index is 12.5. The molecule has 0 aliphatic heterocycles. The second kappa shape index (κ2) is 9.21. The largest absolute Gasteiger partial charge is 0.452 e. The minimum Gasteiger partial charge on any atom is -0.452 e. The number of benzene rings is 2. The zero-order chi connectivity index (χ0) is 20.7. The van der Waals surface area contributed by atoms with Crippen molar-refractivity contribution >= 4 is 23.6 Å². The highest BCUT2D eigenvalue weighted by Gasteiger charge is 2.29. The van der Waals surface area contributed by atoms with E-state index in [-0.39, 0.29) is 5.92 Å². The van der Waals surface area contributed by atoms with Crippen LogP contribution >= 0.6 is 0 Å². The van der Waals surface area contributed by atoms with Crippen LogP contribution in [0.4, 0.5) is 18.9 Å². The number of carbonyl (C=O) groups excluding carboxylic acids is 2. The minimum absolute atomic E-state index is 0.214. The van der Waals surface area contributed by atoms with Gasteiger partial charge < -0.3 is 10.1 Å². The van der Waals surface area contributed by atoms with Gasteiger partial charge >= 0.3 is 12.1 Å². The average molecular weight is 391 g/mol. The predicted molar refractivity (Wildman–Crippen MR) is 101 cm³/mol. The molecule has 0 fully saturated rings. The maximum Gasteiger partial charge on any atom is 0.416 e. The minimum atomic E-state index is -4.41. The molecule has 0 unspecified atom stereocenters. The van der Waals surface area contributed by atoms with E-state index in [0.29, 0.717) is 11.3 Å². The van der Waals surface area contributed by atoms with Gasteiger partial charge in [0.2, 0.25) is 0 Å². The SMILES string of the molecule is CC(C)c1ccccc1NC(=O)COC(=O)/C=C/c1ccc(C(F)(F)F)cc1. The summed E-state index contributed by atoms with van der Waals surface area (Å²) in [6, 6.07) is 11.6. The van der Waals surface area contributed by atoms with Crippen molar-refractivity contribution in [2.24, 2.45) is 0 Å². The van der Waals surface area contributed by atoms with Crippen molar-refractivity contribution in [1.82, 2.24) is 0 Å². The third-order valence-electron chi connectivity index (χ3n) is 3.85. The van der Waals surface area contributed by atoms with E-state index in [1.54, 1.807) is 12.1 Å². The molecule has 2 aromatic rings. The molecule has 0 radical (unpaired) electrons. The summed E-state index contributed by atoms with van der Waals surface area (Å²) in [5, 5.41) is 2.69. The van der Waals surface area contributed by atoms with E-state index in [2.05, 4.69) is 5.32 Å². The van der Waals surface area contributed by atoms with Crippen LogP contribution in [0.1, 0.15) is 36.5 Å². The zero-order valence-electron chi connectivity index (χ0n) is 15.4. The number of ether oxygens (including phenoxy) is 1. The van der Waals surface area contributed by atoms with Crippen LogP contribution in [0.3, 0.4) is 0 Å². The number of amides is 1. The van der Waals surface area contributed by atoms with Crippen molar-refractivity contribution in [3.05, 3.63) is 71.3 Å². The molecule has 0 saturated heterocycles. The topological polar surface area (TPSA) is 55.4 Å². The number of alkyl halides is 3. The van der Waals surface area contributed by atoms with Crippen LogP contribution < -0.4 is 5.32 Å². The van der Waals surface area contributed by atoms with Crippen molar-refractivity contribution in [2.45, 2.75) is 25.9 Å². The number of anilines is 1. The van der Waals surface area contributed by atoms with Crippen molar-refractivity contribution in [1.29, 1.82) is 0 Å². The standard InChI is InChI=1S/C21H20F3NO3/c1-14(2)17-5-3-4-6-18(17)25-19(26)13-28-20(27)12-9-15-7-10-16(11-8-15)21(22,23)24/h3-12,14H,13H2,1-2H3,(H,25,26)/b12-9+. The molecular formula is C21H20F3NO3. The van der Waals surface area contributed by atoms with Crippen LogP contribution in [0.15, 0.2) is 54.6 Å². The van der Waals surface area contributed by atoms with Gasteiger partial charge in [-0.1, -0.05) is 44.2 Å². The van der Waals surface area contributed by atoms with Crippen molar-refractivity contribution in [2.75, 3.05) is 11.9 Å². The second-order valence-corrected chi connectivity index (χ2v) is 6.35. The Hall–Kier alpha value is -3.09. The second-order valence-electron chi connectivity index (χ2n) is 6.35. The van der Waals surface area contributed by atoms with E-state index < -0.39 is 30.2 Å². The summed E-state index contributed by atoms with van der Waals surface area (Å²) in [5.74, 6) is -1.04. The Morgan fingerprint density at radius 1 is 1.07 bits per heavy atom. The van der Waals surface area contributed by atoms with Gasteiger partial charge in [0.25, 0.3) is 5.91 Å². The van der Waals surface area contributed by atoms with Crippen molar-refractivity contribution in [3.63, 3.8) is 0 Å². The number of halogens is 3. The first kappa shape index (κ1) is 21.2. The normalized spacial score (nSPS) is 11.6. The highest BCUT2D eigenvalue weighted by molar-refractivity contribution is 5.95. The van der Waals surface area contributed by atoms with Crippen LogP contribution in [-0.4, -0.2) is 18.5 Å². The van der Waals surface area contributed by atoms with Crippen LogP contribution in [0, 0.1) is 0 Å².